The highest BCUT2D eigenvalue weighted by molar-refractivity contribution is 5.50. The number of hydrogen-bond donors (Lipinski definition) is 1. The summed E-state index contributed by atoms with van der Waals surface area (Å²) in [5.41, 5.74) is 0. The highest BCUT2D eigenvalue weighted by atomic mass is 15.2. The topological polar surface area (TPSA) is 41.0 Å². The Kier molecular flexibility index (Phi) is 4.39. The van der Waals surface area contributed by atoms with E-state index in [1.807, 2.05) is 14.0 Å². The average molecular weight is 248 g/mol. The van der Waals surface area contributed by atoms with Crippen molar-refractivity contribution in [2.75, 3.05) is 23.8 Å². The number of aryl methyl sites for hydroxylation is 1. The first kappa shape index (κ1) is 13.1. The summed E-state index contributed by atoms with van der Waals surface area (Å²) in [4.78, 5) is 11.5. The molecule has 1 aromatic heterocycles. The van der Waals surface area contributed by atoms with Crippen molar-refractivity contribution in [1.29, 1.82) is 0 Å². The number of rotatable bonds is 4. The van der Waals surface area contributed by atoms with E-state index < -0.39 is 0 Å². The zero-order valence-electron chi connectivity index (χ0n) is 11.7. The molecule has 0 amide bonds. The summed E-state index contributed by atoms with van der Waals surface area (Å²) in [6, 6.07) is 2.73. The third-order valence-electron chi connectivity index (χ3n) is 3.62. The SMILES string of the molecule is CCCC1CCCCN1c1cc(NC)nc(C)n1. The highest BCUT2D eigenvalue weighted by Gasteiger charge is 2.23. The monoisotopic (exact) mass is 248 g/mol. The molecule has 4 nitrogen and oxygen atoms in total. The Hall–Kier alpha value is -1.32. The predicted molar refractivity (Wildman–Crippen MR) is 76.2 cm³/mol. The second kappa shape index (κ2) is 6.03. The van der Waals surface area contributed by atoms with E-state index in [1.54, 1.807) is 0 Å². The summed E-state index contributed by atoms with van der Waals surface area (Å²) in [6.07, 6.45) is 6.43. The molecule has 1 aliphatic heterocycles. The predicted octanol–water partition coefficient (Wildman–Crippen LogP) is 2.99. The lowest BCUT2D eigenvalue weighted by Gasteiger charge is -2.36. The Morgan fingerprint density at radius 3 is 2.94 bits per heavy atom. The molecule has 2 heterocycles. The molecule has 1 saturated heterocycles. The van der Waals surface area contributed by atoms with Crippen molar-refractivity contribution in [3.05, 3.63) is 11.9 Å². The maximum atomic E-state index is 4.61. The lowest BCUT2D eigenvalue weighted by Crippen LogP contribution is -2.40. The van der Waals surface area contributed by atoms with Gasteiger partial charge in [0.05, 0.1) is 0 Å². The maximum absolute atomic E-state index is 4.61. The molecule has 1 unspecified atom stereocenters. The molecule has 0 spiro atoms. The fraction of sp³-hybridized carbons (Fsp3) is 0.714. The van der Waals surface area contributed by atoms with E-state index in [9.17, 15) is 0 Å². The van der Waals surface area contributed by atoms with Crippen molar-refractivity contribution in [3.63, 3.8) is 0 Å². The largest absolute Gasteiger partial charge is 0.373 e. The number of nitrogens with one attached hydrogen (secondary N) is 1. The summed E-state index contributed by atoms with van der Waals surface area (Å²) in [5, 5.41) is 3.12. The molecule has 1 aliphatic rings. The molecule has 18 heavy (non-hydrogen) atoms. The van der Waals surface area contributed by atoms with Gasteiger partial charge in [-0.2, -0.15) is 0 Å². The summed E-state index contributed by atoms with van der Waals surface area (Å²) >= 11 is 0. The Morgan fingerprint density at radius 1 is 1.39 bits per heavy atom. The van der Waals surface area contributed by atoms with Crippen molar-refractivity contribution in [2.45, 2.75) is 52.0 Å². The van der Waals surface area contributed by atoms with Crippen LogP contribution in [0.2, 0.25) is 0 Å². The van der Waals surface area contributed by atoms with Gasteiger partial charge in [-0.15, -0.1) is 0 Å². The minimum atomic E-state index is 0.655. The van der Waals surface area contributed by atoms with Gasteiger partial charge in [-0.25, -0.2) is 9.97 Å². The average Bonchev–Trinajstić information content (AvgIpc) is 2.39. The van der Waals surface area contributed by atoms with Crippen LogP contribution in [0.3, 0.4) is 0 Å². The van der Waals surface area contributed by atoms with Gasteiger partial charge >= 0.3 is 0 Å². The minimum Gasteiger partial charge on any atom is -0.373 e. The molecule has 0 saturated carbocycles. The van der Waals surface area contributed by atoms with Crippen LogP contribution in [0.1, 0.15) is 44.9 Å². The lowest BCUT2D eigenvalue weighted by molar-refractivity contribution is 0.431. The second-order valence-electron chi connectivity index (χ2n) is 5.04. The molecule has 4 heteroatoms. The van der Waals surface area contributed by atoms with Crippen LogP contribution in [0.25, 0.3) is 0 Å². The lowest BCUT2D eigenvalue weighted by atomic mass is 9.98. The molecule has 1 atom stereocenters. The first-order valence-electron chi connectivity index (χ1n) is 7.04. The first-order chi connectivity index (χ1) is 8.74. The van der Waals surface area contributed by atoms with Crippen LogP contribution in [-0.2, 0) is 0 Å². The number of aromatic nitrogens is 2. The Morgan fingerprint density at radius 2 is 2.22 bits per heavy atom. The van der Waals surface area contributed by atoms with Crippen molar-refractivity contribution in [2.24, 2.45) is 0 Å². The maximum Gasteiger partial charge on any atom is 0.134 e. The van der Waals surface area contributed by atoms with Crippen LogP contribution in [-0.4, -0.2) is 29.6 Å². The Balaban J connectivity index is 2.24. The second-order valence-corrected chi connectivity index (χ2v) is 5.04. The van der Waals surface area contributed by atoms with Crippen molar-refractivity contribution in [1.82, 2.24) is 9.97 Å². The van der Waals surface area contributed by atoms with Crippen LogP contribution < -0.4 is 10.2 Å². The molecule has 1 N–H and O–H groups in total. The summed E-state index contributed by atoms with van der Waals surface area (Å²) < 4.78 is 0. The molecule has 0 aliphatic carbocycles. The molecular weight excluding hydrogens is 224 g/mol. The summed E-state index contributed by atoms with van der Waals surface area (Å²) in [7, 11) is 1.91. The van der Waals surface area contributed by atoms with Gasteiger partial charge in [-0.1, -0.05) is 13.3 Å². The van der Waals surface area contributed by atoms with Crippen LogP contribution in [0.4, 0.5) is 11.6 Å². The Bertz CT molecular complexity index is 389. The van der Waals surface area contributed by atoms with E-state index in [-0.39, 0.29) is 0 Å². The standard InChI is InChI=1S/C14H24N4/c1-4-7-12-8-5-6-9-18(12)14-10-13(15-3)16-11(2)17-14/h10,12H,4-9H2,1-3H3,(H,15,16,17). The molecular formula is C14H24N4. The van der Waals surface area contributed by atoms with Crippen molar-refractivity contribution >= 4 is 11.6 Å². The van der Waals surface area contributed by atoms with E-state index in [1.165, 1.54) is 32.1 Å². The molecule has 0 radical (unpaired) electrons. The first-order valence-corrected chi connectivity index (χ1v) is 7.04. The normalized spacial score (nSPS) is 19.9. The number of piperidine rings is 1. The van der Waals surface area contributed by atoms with Gasteiger partial charge in [0.15, 0.2) is 0 Å². The van der Waals surface area contributed by atoms with Gasteiger partial charge in [0, 0.05) is 25.7 Å². The summed E-state index contributed by atoms with van der Waals surface area (Å²) in [6.45, 7) is 5.35. The molecule has 0 aromatic carbocycles. The van der Waals surface area contributed by atoms with Gasteiger partial charge in [-0.05, 0) is 32.6 Å². The quantitative estimate of drug-likeness (QED) is 0.889. The van der Waals surface area contributed by atoms with Crippen molar-refractivity contribution < 1.29 is 0 Å². The van der Waals surface area contributed by atoms with Crippen LogP contribution in [0, 0.1) is 6.92 Å². The molecule has 1 fully saturated rings. The zero-order chi connectivity index (χ0) is 13.0. The van der Waals surface area contributed by atoms with Crippen LogP contribution in [0.15, 0.2) is 6.07 Å². The van der Waals surface area contributed by atoms with Gasteiger partial charge < -0.3 is 10.2 Å². The fourth-order valence-electron chi connectivity index (χ4n) is 2.76. The number of nitrogens with zero attached hydrogens (tertiary/aromatic N) is 3. The van der Waals surface area contributed by atoms with Crippen molar-refractivity contribution in [3.8, 4) is 0 Å². The van der Waals surface area contributed by atoms with E-state index in [2.05, 4.69) is 33.2 Å². The fourth-order valence-corrected chi connectivity index (χ4v) is 2.76. The third kappa shape index (κ3) is 2.92. The smallest absolute Gasteiger partial charge is 0.134 e. The van der Waals surface area contributed by atoms with E-state index >= 15 is 0 Å². The van der Waals surface area contributed by atoms with Crippen LogP contribution >= 0.6 is 0 Å². The molecule has 2 rings (SSSR count). The zero-order valence-corrected chi connectivity index (χ0v) is 11.7. The van der Waals surface area contributed by atoms with E-state index in [0.29, 0.717) is 6.04 Å². The van der Waals surface area contributed by atoms with Gasteiger partial charge in [0.2, 0.25) is 0 Å². The molecule has 0 bridgehead atoms. The highest BCUT2D eigenvalue weighted by Crippen LogP contribution is 2.27. The number of hydrogen-bond acceptors (Lipinski definition) is 4. The van der Waals surface area contributed by atoms with E-state index in [4.69, 9.17) is 0 Å². The number of anilines is 2. The van der Waals surface area contributed by atoms with Crippen LogP contribution in [0.5, 0.6) is 0 Å². The van der Waals surface area contributed by atoms with Gasteiger partial charge in [0.25, 0.3) is 0 Å². The minimum absolute atomic E-state index is 0.655. The summed E-state index contributed by atoms with van der Waals surface area (Å²) in [5.74, 6) is 2.85. The molecule has 1 aromatic rings. The van der Waals surface area contributed by atoms with Gasteiger partial charge in [0.1, 0.15) is 17.5 Å². The third-order valence-corrected chi connectivity index (χ3v) is 3.62. The molecule has 100 valence electrons. The Labute approximate surface area is 110 Å². The van der Waals surface area contributed by atoms with E-state index in [0.717, 1.165) is 24.0 Å². The van der Waals surface area contributed by atoms with Gasteiger partial charge in [-0.3, -0.25) is 0 Å².